The van der Waals surface area contributed by atoms with Crippen LogP contribution in [0.2, 0.25) is 0 Å². The van der Waals surface area contributed by atoms with E-state index in [0.29, 0.717) is 12.0 Å². The van der Waals surface area contributed by atoms with Crippen LogP contribution in [0.5, 0.6) is 5.75 Å². The molecule has 3 aromatic rings. The van der Waals surface area contributed by atoms with Gasteiger partial charge in [-0.15, -0.1) is 0 Å². The van der Waals surface area contributed by atoms with E-state index < -0.39 is 11.4 Å². The first-order chi connectivity index (χ1) is 17.5. The van der Waals surface area contributed by atoms with Gasteiger partial charge in [0, 0.05) is 12.1 Å². The number of fused-ring (bicyclic) bond motifs is 4. The maximum Gasteiger partial charge on any atom is 0.309 e. The Bertz CT molecular complexity index is 1200. The fourth-order valence-electron chi connectivity index (χ4n) is 6.95. The molecule has 4 fully saturated rings. The Morgan fingerprint density at radius 1 is 0.833 bits per heavy atom. The highest BCUT2D eigenvalue weighted by Gasteiger charge is 2.52. The molecule has 0 atom stereocenters. The first-order valence-electron chi connectivity index (χ1n) is 13.8. The monoisotopic (exact) mass is 483 g/mol. The van der Waals surface area contributed by atoms with Gasteiger partial charge < -0.3 is 15.2 Å². The van der Waals surface area contributed by atoms with E-state index in [1.165, 1.54) is 34.7 Å². The predicted octanol–water partition coefficient (Wildman–Crippen LogP) is 7.21. The third kappa shape index (κ3) is 4.64. The van der Waals surface area contributed by atoms with Gasteiger partial charge in [-0.3, -0.25) is 4.79 Å². The van der Waals surface area contributed by atoms with E-state index in [1.54, 1.807) is 0 Å². The minimum absolute atomic E-state index is 0.114. The van der Waals surface area contributed by atoms with Crippen molar-refractivity contribution in [2.75, 3.05) is 0 Å². The maximum absolute atomic E-state index is 11.7. The smallest absolute Gasteiger partial charge is 0.309 e. The number of rotatable bonds is 7. The number of carboxylic acid groups (broad SMARTS) is 1. The van der Waals surface area contributed by atoms with Crippen molar-refractivity contribution >= 4 is 16.7 Å². The van der Waals surface area contributed by atoms with Crippen LogP contribution in [-0.2, 0) is 11.3 Å². The Hall–Kier alpha value is -2.85. The Labute approximate surface area is 214 Å². The predicted molar refractivity (Wildman–Crippen MR) is 143 cm³/mol. The van der Waals surface area contributed by atoms with E-state index in [2.05, 4.69) is 72.0 Å². The molecule has 0 amide bonds. The van der Waals surface area contributed by atoms with E-state index in [0.717, 1.165) is 63.7 Å². The summed E-state index contributed by atoms with van der Waals surface area (Å²) in [4.78, 5) is 11.7. The van der Waals surface area contributed by atoms with Gasteiger partial charge in [0.1, 0.15) is 5.75 Å². The van der Waals surface area contributed by atoms with E-state index in [-0.39, 0.29) is 5.54 Å². The first-order valence-corrected chi connectivity index (χ1v) is 13.8. The average molecular weight is 484 g/mol. The highest BCUT2D eigenvalue weighted by atomic mass is 16.5. The summed E-state index contributed by atoms with van der Waals surface area (Å²) in [6.45, 7) is 0.832. The van der Waals surface area contributed by atoms with Crippen LogP contribution in [0, 0.1) is 5.41 Å². The molecular weight excluding hydrogens is 446 g/mol. The summed E-state index contributed by atoms with van der Waals surface area (Å²) in [6.07, 6.45) is 10.2. The zero-order chi connectivity index (χ0) is 24.6. The molecule has 0 aromatic heterocycles. The summed E-state index contributed by atoms with van der Waals surface area (Å²) in [6, 6.07) is 24.1. The average Bonchev–Trinajstić information content (AvgIpc) is 2.94. The molecule has 2 N–H and O–H groups in total. The summed E-state index contributed by atoms with van der Waals surface area (Å²) in [5.41, 5.74) is 2.41. The molecule has 4 heteroatoms. The molecule has 2 bridgehead atoms. The minimum Gasteiger partial charge on any atom is -0.490 e. The van der Waals surface area contributed by atoms with Crippen molar-refractivity contribution in [3.63, 3.8) is 0 Å². The van der Waals surface area contributed by atoms with Gasteiger partial charge in [0.05, 0.1) is 11.5 Å². The lowest BCUT2D eigenvalue weighted by atomic mass is 9.57. The lowest BCUT2D eigenvalue weighted by Crippen LogP contribution is -2.56. The molecule has 0 aliphatic heterocycles. The van der Waals surface area contributed by atoms with Crippen LogP contribution in [0.3, 0.4) is 0 Å². The first kappa shape index (κ1) is 23.5. The fraction of sp³-hybridized carbons (Fsp3) is 0.469. The van der Waals surface area contributed by atoms with E-state index >= 15 is 0 Å². The molecule has 36 heavy (non-hydrogen) atoms. The van der Waals surface area contributed by atoms with E-state index in [1.807, 2.05) is 0 Å². The number of nitrogens with one attached hydrogen (secondary N) is 1. The van der Waals surface area contributed by atoms with Gasteiger partial charge in [-0.25, -0.2) is 0 Å². The molecule has 188 valence electrons. The van der Waals surface area contributed by atoms with Crippen LogP contribution in [0.25, 0.3) is 10.8 Å². The highest BCUT2D eigenvalue weighted by Crippen LogP contribution is 2.52. The molecule has 7 rings (SSSR count). The van der Waals surface area contributed by atoms with Crippen molar-refractivity contribution in [3.05, 3.63) is 77.9 Å². The van der Waals surface area contributed by atoms with Crippen LogP contribution in [-0.4, -0.2) is 22.7 Å². The molecular formula is C32H37NO3. The summed E-state index contributed by atoms with van der Waals surface area (Å²) in [7, 11) is 0. The van der Waals surface area contributed by atoms with Gasteiger partial charge in [0.2, 0.25) is 0 Å². The lowest BCUT2D eigenvalue weighted by molar-refractivity contribution is -0.156. The van der Waals surface area contributed by atoms with Gasteiger partial charge in [-0.2, -0.15) is 0 Å². The summed E-state index contributed by atoms with van der Waals surface area (Å²) in [5, 5.41) is 15.9. The van der Waals surface area contributed by atoms with Crippen molar-refractivity contribution in [1.29, 1.82) is 0 Å². The van der Waals surface area contributed by atoms with Crippen molar-refractivity contribution in [2.24, 2.45) is 5.41 Å². The van der Waals surface area contributed by atoms with E-state index in [4.69, 9.17) is 4.74 Å². The van der Waals surface area contributed by atoms with Crippen LogP contribution in [0.4, 0.5) is 0 Å². The van der Waals surface area contributed by atoms with Crippen LogP contribution in [0.1, 0.15) is 81.3 Å². The lowest BCUT2D eigenvalue weighted by Gasteiger charge is -2.51. The summed E-state index contributed by atoms with van der Waals surface area (Å²) < 4.78 is 6.41. The number of carbonyl (C=O) groups is 1. The Morgan fingerprint density at radius 2 is 1.50 bits per heavy atom. The number of ether oxygens (including phenoxy) is 1. The van der Waals surface area contributed by atoms with Gasteiger partial charge >= 0.3 is 5.97 Å². The molecule has 4 nitrogen and oxygen atoms in total. The number of aliphatic carboxylic acids is 1. The Balaban J connectivity index is 1.04. The second kappa shape index (κ2) is 9.55. The second-order valence-electron chi connectivity index (χ2n) is 11.6. The number of benzene rings is 3. The molecule has 0 heterocycles. The van der Waals surface area contributed by atoms with Gasteiger partial charge in [0.25, 0.3) is 0 Å². The van der Waals surface area contributed by atoms with Crippen LogP contribution in [0.15, 0.2) is 66.7 Å². The standard InChI is InChI=1S/C32H37NO3/c34-30(35)31-14-17-32(18-15-31,19-16-31)33-22-23-6-7-27-21-29(13-10-26(27)20-23)36-28-11-8-25(9-12-28)24-4-2-1-3-5-24/h1-7,10,13,20-21,25,28,33H,8-9,11-12,14-19,22H2,(H,34,35)/t25-,28-,31?,32?. The Morgan fingerprint density at radius 3 is 2.19 bits per heavy atom. The molecule has 4 saturated carbocycles. The number of carboxylic acids is 1. The van der Waals surface area contributed by atoms with Crippen molar-refractivity contribution in [1.82, 2.24) is 5.32 Å². The zero-order valence-corrected chi connectivity index (χ0v) is 21.0. The molecule has 4 aliphatic rings. The van der Waals surface area contributed by atoms with Crippen LogP contribution < -0.4 is 10.1 Å². The normalized spacial score (nSPS) is 29.8. The molecule has 0 radical (unpaired) electrons. The molecule has 4 aliphatic carbocycles. The zero-order valence-electron chi connectivity index (χ0n) is 21.0. The van der Waals surface area contributed by atoms with Gasteiger partial charge in [-0.05, 0) is 110 Å². The number of hydrogen-bond acceptors (Lipinski definition) is 3. The second-order valence-corrected chi connectivity index (χ2v) is 11.6. The van der Waals surface area contributed by atoms with Gasteiger partial charge in [-0.1, -0.05) is 48.5 Å². The van der Waals surface area contributed by atoms with Crippen LogP contribution >= 0.6 is 0 Å². The molecule has 0 unspecified atom stereocenters. The third-order valence-corrected chi connectivity index (χ3v) is 9.49. The summed E-state index contributed by atoms with van der Waals surface area (Å²) >= 11 is 0. The largest absolute Gasteiger partial charge is 0.490 e. The maximum atomic E-state index is 11.7. The van der Waals surface area contributed by atoms with Crippen molar-refractivity contribution in [3.8, 4) is 5.75 Å². The highest BCUT2D eigenvalue weighted by molar-refractivity contribution is 5.84. The molecule has 3 aromatic carbocycles. The number of hydrogen-bond donors (Lipinski definition) is 2. The molecule has 0 saturated heterocycles. The molecule has 0 spiro atoms. The third-order valence-electron chi connectivity index (χ3n) is 9.49. The minimum atomic E-state index is -0.589. The Kier molecular flexibility index (Phi) is 6.25. The van der Waals surface area contributed by atoms with E-state index in [9.17, 15) is 9.90 Å². The van der Waals surface area contributed by atoms with Crippen molar-refractivity contribution < 1.29 is 14.6 Å². The van der Waals surface area contributed by atoms with Crippen molar-refractivity contribution in [2.45, 2.75) is 88.3 Å². The fourth-order valence-corrected chi connectivity index (χ4v) is 6.95. The SMILES string of the molecule is O=C(O)C12CCC(NCc3ccc4cc(O[C@H]5CC[C@H](c6ccccc6)CC5)ccc4c3)(CC1)CC2. The quantitative estimate of drug-likeness (QED) is 0.373. The van der Waals surface area contributed by atoms with Gasteiger partial charge in [0.15, 0.2) is 0 Å². The topological polar surface area (TPSA) is 58.6 Å². The summed E-state index contributed by atoms with van der Waals surface area (Å²) in [5.74, 6) is 1.05.